The fourth-order valence-corrected chi connectivity index (χ4v) is 2.79. The number of amides is 1. The van der Waals surface area contributed by atoms with Crippen molar-refractivity contribution in [2.45, 2.75) is 12.2 Å². The molecule has 2 rings (SSSR count). The van der Waals surface area contributed by atoms with Gasteiger partial charge in [-0.1, -0.05) is 41.9 Å². The van der Waals surface area contributed by atoms with Gasteiger partial charge in [-0.05, 0) is 37.9 Å². The van der Waals surface area contributed by atoms with Gasteiger partial charge in [0.05, 0.1) is 17.2 Å². The first-order valence-electron chi connectivity index (χ1n) is 7.57. The van der Waals surface area contributed by atoms with Crippen LogP contribution in [0.3, 0.4) is 0 Å². The molecule has 0 fully saturated rings. The monoisotopic (exact) mass is 370 g/mol. The van der Waals surface area contributed by atoms with Gasteiger partial charge >= 0.3 is 6.18 Å². The maximum atomic E-state index is 13.0. The van der Waals surface area contributed by atoms with E-state index >= 15 is 0 Å². The van der Waals surface area contributed by atoms with Crippen LogP contribution < -0.4 is 5.32 Å². The molecule has 0 saturated carbocycles. The average molecular weight is 371 g/mol. The molecule has 0 aliphatic heterocycles. The number of hydrogen-bond acceptors (Lipinski definition) is 2. The molecule has 2 aromatic carbocycles. The number of benzene rings is 2. The van der Waals surface area contributed by atoms with E-state index in [1.807, 2.05) is 31.1 Å². The largest absolute Gasteiger partial charge is 0.417 e. The van der Waals surface area contributed by atoms with Crippen molar-refractivity contribution in [2.75, 3.05) is 20.6 Å². The molecule has 0 aromatic heterocycles. The molecule has 0 radical (unpaired) electrons. The molecule has 1 amide bonds. The number of hydrogen-bond donors (Lipinski definition) is 1. The van der Waals surface area contributed by atoms with Crippen molar-refractivity contribution in [3.63, 3.8) is 0 Å². The highest BCUT2D eigenvalue weighted by Gasteiger charge is 2.35. The number of nitrogens with one attached hydrogen (secondary N) is 1. The van der Waals surface area contributed by atoms with Gasteiger partial charge in [0.15, 0.2) is 0 Å². The van der Waals surface area contributed by atoms with E-state index < -0.39 is 23.2 Å². The van der Waals surface area contributed by atoms with Crippen molar-refractivity contribution in [1.29, 1.82) is 0 Å². The first-order valence-corrected chi connectivity index (χ1v) is 7.95. The average Bonchev–Trinajstić information content (AvgIpc) is 2.55. The van der Waals surface area contributed by atoms with E-state index in [-0.39, 0.29) is 12.6 Å². The molecule has 0 saturated heterocycles. The number of carbonyl (C=O) groups excluding carboxylic acids is 1. The fourth-order valence-electron chi connectivity index (χ4n) is 2.53. The van der Waals surface area contributed by atoms with Crippen molar-refractivity contribution in [3.8, 4) is 0 Å². The molecule has 0 bridgehead atoms. The highest BCUT2D eigenvalue weighted by molar-refractivity contribution is 6.31. The van der Waals surface area contributed by atoms with E-state index in [1.165, 1.54) is 12.1 Å². The lowest BCUT2D eigenvalue weighted by atomic mass is 10.0. The SMILES string of the molecule is CN(C)C(CNC(=O)c1ccccc1C(F)(F)F)c1ccccc1Cl. The van der Waals surface area contributed by atoms with Crippen LogP contribution in [0.15, 0.2) is 48.5 Å². The van der Waals surface area contributed by atoms with Gasteiger partial charge in [-0.3, -0.25) is 4.79 Å². The molecule has 134 valence electrons. The van der Waals surface area contributed by atoms with Crippen molar-refractivity contribution < 1.29 is 18.0 Å². The minimum atomic E-state index is -4.59. The third-order valence-electron chi connectivity index (χ3n) is 3.82. The van der Waals surface area contributed by atoms with Crippen LogP contribution in [0.1, 0.15) is 27.5 Å². The van der Waals surface area contributed by atoms with Crippen molar-refractivity contribution in [3.05, 3.63) is 70.2 Å². The predicted molar refractivity (Wildman–Crippen MR) is 91.7 cm³/mol. The lowest BCUT2D eigenvalue weighted by Crippen LogP contribution is -2.35. The zero-order valence-electron chi connectivity index (χ0n) is 13.8. The van der Waals surface area contributed by atoms with Gasteiger partial charge in [-0.2, -0.15) is 13.2 Å². The fraction of sp³-hybridized carbons (Fsp3) is 0.278. The Bertz CT molecular complexity index is 747. The summed E-state index contributed by atoms with van der Waals surface area (Å²) in [6.07, 6.45) is -4.59. The van der Waals surface area contributed by atoms with Crippen LogP contribution in [-0.2, 0) is 6.18 Å². The second-order valence-electron chi connectivity index (χ2n) is 5.75. The van der Waals surface area contributed by atoms with Crippen LogP contribution in [-0.4, -0.2) is 31.4 Å². The summed E-state index contributed by atoms with van der Waals surface area (Å²) in [6, 6.07) is 11.6. The van der Waals surface area contributed by atoms with E-state index in [0.717, 1.165) is 17.7 Å². The third-order valence-corrected chi connectivity index (χ3v) is 4.16. The van der Waals surface area contributed by atoms with Gasteiger partial charge in [0.2, 0.25) is 0 Å². The third kappa shape index (κ3) is 4.74. The minimum Gasteiger partial charge on any atom is -0.350 e. The summed E-state index contributed by atoms with van der Waals surface area (Å²) >= 11 is 6.19. The number of rotatable bonds is 5. The van der Waals surface area contributed by atoms with Crippen LogP contribution in [0.25, 0.3) is 0 Å². The summed E-state index contributed by atoms with van der Waals surface area (Å²) in [4.78, 5) is 14.1. The van der Waals surface area contributed by atoms with Crippen LogP contribution in [0.5, 0.6) is 0 Å². The van der Waals surface area contributed by atoms with E-state index in [2.05, 4.69) is 5.32 Å². The Hall–Kier alpha value is -2.05. The molecule has 0 aliphatic rings. The Morgan fingerprint density at radius 1 is 1.12 bits per heavy atom. The summed E-state index contributed by atoms with van der Waals surface area (Å²) < 4.78 is 39.1. The minimum absolute atomic E-state index is 0.127. The molecule has 1 N–H and O–H groups in total. The van der Waals surface area contributed by atoms with Crippen LogP contribution in [0, 0.1) is 0 Å². The first-order chi connectivity index (χ1) is 11.7. The van der Waals surface area contributed by atoms with E-state index in [1.54, 1.807) is 12.1 Å². The van der Waals surface area contributed by atoms with Crippen molar-refractivity contribution in [2.24, 2.45) is 0 Å². The summed E-state index contributed by atoms with van der Waals surface area (Å²) in [7, 11) is 3.62. The molecular weight excluding hydrogens is 353 g/mol. The second kappa shape index (κ2) is 7.89. The van der Waals surface area contributed by atoms with Gasteiger partial charge in [-0.15, -0.1) is 0 Å². The zero-order valence-corrected chi connectivity index (χ0v) is 14.5. The molecule has 1 atom stereocenters. The lowest BCUT2D eigenvalue weighted by molar-refractivity contribution is -0.137. The maximum Gasteiger partial charge on any atom is 0.417 e. The summed E-state index contributed by atoms with van der Waals surface area (Å²) in [5.41, 5.74) is -0.558. The van der Waals surface area contributed by atoms with Gasteiger partial charge in [0, 0.05) is 11.6 Å². The Morgan fingerprint density at radius 2 is 1.72 bits per heavy atom. The topological polar surface area (TPSA) is 32.3 Å². The Morgan fingerprint density at radius 3 is 2.32 bits per heavy atom. The molecule has 7 heteroatoms. The summed E-state index contributed by atoms with van der Waals surface area (Å²) in [5, 5.41) is 3.11. The van der Waals surface area contributed by atoms with E-state index in [0.29, 0.717) is 5.02 Å². The maximum absolute atomic E-state index is 13.0. The van der Waals surface area contributed by atoms with Crippen LogP contribution in [0.2, 0.25) is 5.02 Å². The number of alkyl halides is 3. The zero-order chi connectivity index (χ0) is 18.6. The predicted octanol–water partition coefficient (Wildman–Crippen LogP) is 4.39. The standard InChI is InChI=1S/C18H18ClF3N2O/c1-24(2)16(13-8-4-6-10-15(13)19)11-23-17(25)12-7-3-5-9-14(12)18(20,21)22/h3-10,16H,11H2,1-2H3,(H,23,25). The smallest absolute Gasteiger partial charge is 0.350 e. The number of nitrogens with zero attached hydrogens (tertiary/aromatic N) is 1. The Labute approximate surface area is 149 Å². The normalized spacial score (nSPS) is 12.9. The van der Waals surface area contributed by atoms with Crippen LogP contribution in [0.4, 0.5) is 13.2 Å². The molecular formula is C18H18ClF3N2O. The molecule has 25 heavy (non-hydrogen) atoms. The highest BCUT2D eigenvalue weighted by atomic mass is 35.5. The Kier molecular flexibility index (Phi) is 6.08. The first kappa shape index (κ1) is 19.3. The van der Waals surface area contributed by atoms with E-state index in [4.69, 9.17) is 11.6 Å². The number of likely N-dealkylation sites (N-methyl/N-ethyl adjacent to an activating group) is 1. The van der Waals surface area contributed by atoms with Crippen LogP contribution >= 0.6 is 11.6 Å². The lowest BCUT2D eigenvalue weighted by Gasteiger charge is -2.26. The summed E-state index contributed by atoms with van der Waals surface area (Å²) in [6.45, 7) is 0.127. The quantitative estimate of drug-likeness (QED) is 0.846. The molecule has 1 unspecified atom stereocenters. The number of carbonyl (C=O) groups is 1. The molecule has 2 aromatic rings. The van der Waals surface area contributed by atoms with Gasteiger partial charge in [-0.25, -0.2) is 0 Å². The summed E-state index contributed by atoms with van der Waals surface area (Å²) in [5.74, 6) is -0.771. The second-order valence-corrected chi connectivity index (χ2v) is 6.16. The van der Waals surface area contributed by atoms with Gasteiger partial charge < -0.3 is 10.2 Å². The van der Waals surface area contributed by atoms with Gasteiger partial charge in [0.1, 0.15) is 0 Å². The molecule has 0 spiro atoms. The van der Waals surface area contributed by atoms with Gasteiger partial charge in [0.25, 0.3) is 5.91 Å². The number of halogens is 4. The highest BCUT2D eigenvalue weighted by Crippen LogP contribution is 2.32. The molecule has 3 nitrogen and oxygen atoms in total. The van der Waals surface area contributed by atoms with E-state index in [9.17, 15) is 18.0 Å². The van der Waals surface area contributed by atoms with Crippen molar-refractivity contribution >= 4 is 17.5 Å². The molecule has 0 heterocycles. The van der Waals surface area contributed by atoms with Crippen molar-refractivity contribution in [1.82, 2.24) is 10.2 Å². The Balaban J connectivity index is 2.20. The molecule has 0 aliphatic carbocycles.